The molecule has 0 radical (unpaired) electrons. The Balaban J connectivity index is 1.74. The van der Waals surface area contributed by atoms with Crippen molar-refractivity contribution >= 4 is 10.8 Å². The predicted molar refractivity (Wildman–Crippen MR) is 109 cm³/mol. The van der Waals surface area contributed by atoms with E-state index in [0.717, 1.165) is 11.1 Å². The normalized spacial score (nSPS) is 11.1. The van der Waals surface area contributed by atoms with E-state index in [-0.39, 0.29) is 11.4 Å². The molecule has 0 fully saturated rings. The first-order chi connectivity index (χ1) is 14.2. The Morgan fingerprint density at radius 2 is 1.72 bits per heavy atom. The van der Waals surface area contributed by atoms with E-state index < -0.39 is 0 Å². The van der Waals surface area contributed by atoms with Crippen LogP contribution in [-0.4, -0.2) is 24.9 Å². The largest absolute Gasteiger partial charge is 0.332 e. The van der Waals surface area contributed by atoms with Crippen LogP contribution in [0.15, 0.2) is 82.4 Å². The molecule has 0 aliphatic carbocycles. The molecule has 2 aromatic carbocycles. The Kier molecular flexibility index (Phi) is 3.98. The van der Waals surface area contributed by atoms with E-state index in [9.17, 15) is 4.79 Å². The van der Waals surface area contributed by atoms with Crippen LogP contribution in [0.25, 0.3) is 39.4 Å². The zero-order valence-electron chi connectivity index (χ0n) is 15.5. The Hall–Kier alpha value is -4.13. The van der Waals surface area contributed by atoms with Gasteiger partial charge in [-0.1, -0.05) is 41.1 Å². The summed E-state index contributed by atoms with van der Waals surface area (Å²) in [5.41, 5.74) is 2.74. The van der Waals surface area contributed by atoms with Gasteiger partial charge in [-0.2, -0.15) is 14.8 Å². The van der Waals surface area contributed by atoms with Crippen molar-refractivity contribution in [3.05, 3.63) is 89.0 Å². The third kappa shape index (κ3) is 2.98. The summed E-state index contributed by atoms with van der Waals surface area (Å²) in [6, 6.07) is 18.5. The number of aromatic nitrogens is 5. The summed E-state index contributed by atoms with van der Waals surface area (Å²) >= 11 is 0. The van der Waals surface area contributed by atoms with Gasteiger partial charge >= 0.3 is 0 Å². The quantitative estimate of drug-likeness (QED) is 0.472. The molecular weight excluding hydrogens is 366 g/mol. The molecule has 0 N–H and O–H groups in total. The Labute approximate surface area is 165 Å². The van der Waals surface area contributed by atoms with Gasteiger partial charge in [0.05, 0.1) is 11.1 Å². The molecule has 140 valence electrons. The van der Waals surface area contributed by atoms with Gasteiger partial charge in [-0.15, -0.1) is 0 Å². The maximum Gasteiger partial charge on any atom is 0.279 e. The van der Waals surface area contributed by atoms with E-state index in [2.05, 4.69) is 20.2 Å². The van der Waals surface area contributed by atoms with E-state index in [0.29, 0.717) is 28.0 Å². The standard InChI is InChI=1S/C22H15N5O2/c1-14-8-10-16(11-9-14)27-22(28)18-7-3-2-6-17(18)19(25-27)21-24-20(26-29-21)15-5-4-12-23-13-15/h2-13H,1H3. The van der Waals surface area contributed by atoms with Crippen LogP contribution < -0.4 is 5.56 Å². The number of benzene rings is 2. The molecule has 7 nitrogen and oxygen atoms in total. The first-order valence-electron chi connectivity index (χ1n) is 9.04. The number of pyridine rings is 1. The molecule has 5 aromatic rings. The summed E-state index contributed by atoms with van der Waals surface area (Å²) in [7, 11) is 0. The fraction of sp³-hybridized carbons (Fsp3) is 0.0455. The molecule has 0 unspecified atom stereocenters. The first kappa shape index (κ1) is 17.0. The SMILES string of the molecule is Cc1ccc(-n2nc(-c3nc(-c4cccnc4)no3)c3ccccc3c2=O)cc1. The lowest BCUT2D eigenvalue weighted by atomic mass is 10.1. The van der Waals surface area contributed by atoms with Gasteiger partial charge in [0.1, 0.15) is 0 Å². The Morgan fingerprint density at radius 1 is 0.931 bits per heavy atom. The van der Waals surface area contributed by atoms with Crippen LogP contribution in [0.3, 0.4) is 0 Å². The summed E-state index contributed by atoms with van der Waals surface area (Å²) in [4.78, 5) is 21.6. The molecule has 0 atom stereocenters. The minimum absolute atomic E-state index is 0.208. The zero-order valence-corrected chi connectivity index (χ0v) is 15.5. The second-order valence-electron chi connectivity index (χ2n) is 6.61. The molecule has 0 saturated heterocycles. The van der Waals surface area contributed by atoms with Crippen molar-refractivity contribution in [2.75, 3.05) is 0 Å². The van der Waals surface area contributed by atoms with Crippen LogP contribution in [-0.2, 0) is 0 Å². The minimum Gasteiger partial charge on any atom is -0.332 e. The highest BCUT2D eigenvalue weighted by atomic mass is 16.5. The highest BCUT2D eigenvalue weighted by molar-refractivity contribution is 5.92. The van der Waals surface area contributed by atoms with E-state index >= 15 is 0 Å². The summed E-state index contributed by atoms with van der Waals surface area (Å²) in [5, 5.41) is 9.80. The molecule has 0 bridgehead atoms. The van der Waals surface area contributed by atoms with Crippen molar-refractivity contribution in [3.63, 3.8) is 0 Å². The second kappa shape index (κ2) is 6.79. The molecule has 29 heavy (non-hydrogen) atoms. The third-order valence-electron chi connectivity index (χ3n) is 4.63. The molecule has 0 spiro atoms. The van der Waals surface area contributed by atoms with Gasteiger partial charge in [-0.25, -0.2) is 0 Å². The molecule has 3 heterocycles. The maximum atomic E-state index is 13.0. The average Bonchev–Trinajstić information content (AvgIpc) is 3.26. The number of fused-ring (bicyclic) bond motifs is 1. The van der Waals surface area contributed by atoms with Crippen molar-refractivity contribution in [2.45, 2.75) is 6.92 Å². The number of nitrogens with zero attached hydrogens (tertiary/aromatic N) is 5. The highest BCUT2D eigenvalue weighted by Crippen LogP contribution is 2.26. The van der Waals surface area contributed by atoms with E-state index in [1.54, 1.807) is 24.5 Å². The van der Waals surface area contributed by atoms with Crippen molar-refractivity contribution in [3.8, 4) is 28.7 Å². The van der Waals surface area contributed by atoms with Crippen molar-refractivity contribution in [1.82, 2.24) is 24.9 Å². The van der Waals surface area contributed by atoms with Crippen LogP contribution >= 0.6 is 0 Å². The van der Waals surface area contributed by atoms with Crippen molar-refractivity contribution in [1.29, 1.82) is 0 Å². The number of hydrogen-bond acceptors (Lipinski definition) is 6. The van der Waals surface area contributed by atoms with Gasteiger partial charge in [0.25, 0.3) is 11.4 Å². The Bertz CT molecular complexity index is 1370. The molecule has 0 aliphatic rings. The molecule has 0 amide bonds. The van der Waals surface area contributed by atoms with E-state index in [1.165, 1.54) is 4.68 Å². The lowest BCUT2D eigenvalue weighted by Gasteiger charge is -2.09. The molecule has 3 aromatic heterocycles. The van der Waals surface area contributed by atoms with Gasteiger partial charge in [0, 0.05) is 23.3 Å². The molecular formula is C22H15N5O2. The number of aryl methyl sites for hydroxylation is 1. The summed E-state index contributed by atoms with van der Waals surface area (Å²) in [6.07, 6.45) is 3.34. The third-order valence-corrected chi connectivity index (χ3v) is 4.63. The van der Waals surface area contributed by atoms with Gasteiger partial charge < -0.3 is 4.52 Å². The predicted octanol–water partition coefficient (Wildman–Crippen LogP) is 3.81. The minimum atomic E-state index is -0.208. The second-order valence-corrected chi connectivity index (χ2v) is 6.61. The number of hydrogen-bond donors (Lipinski definition) is 0. The van der Waals surface area contributed by atoms with Crippen LogP contribution in [0.2, 0.25) is 0 Å². The van der Waals surface area contributed by atoms with E-state index in [1.807, 2.05) is 55.5 Å². The van der Waals surface area contributed by atoms with Gasteiger partial charge in [-0.05, 0) is 37.3 Å². The fourth-order valence-electron chi connectivity index (χ4n) is 3.14. The van der Waals surface area contributed by atoms with Crippen LogP contribution in [0.5, 0.6) is 0 Å². The zero-order chi connectivity index (χ0) is 19.8. The lowest BCUT2D eigenvalue weighted by molar-refractivity contribution is 0.430. The lowest BCUT2D eigenvalue weighted by Crippen LogP contribution is -2.22. The summed E-state index contributed by atoms with van der Waals surface area (Å²) in [6.45, 7) is 1.99. The van der Waals surface area contributed by atoms with Crippen molar-refractivity contribution < 1.29 is 4.52 Å². The van der Waals surface area contributed by atoms with Crippen molar-refractivity contribution in [2.24, 2.45) is 0 Å². The van der Waals surface area contributed by atoms with E-state index in [4.69, 9.17) is 4.52 Å². The maximum absolute atomic E-state index is 13.0. The molecule has 0 aliphatic heterocycles. The molecule has 5 rings (SSSR count). The molecule has 7 heteroatoms. The monoisotopic (exact) mass is 381 g/mol. The average molecular weight is 381 g/mol. The van der Waals surface area contributed by atoms with Gasteiger partial charge in [-0.3, -0.25) is 9.78 Å². The number of rotatable bonds is 3. The van der Waals surface area contributed by atoms with Gasteiger partial charge in [0.15, 0.2) is 5.69 Å². The topological polar surface area (TPSA) is 86.7 Å². The van der Waals surface area contributed by atoms with Crippen LogP contribution in [0.4, 0.5) is 0 Å². The summed E-state index contributed by atoms with van der Waals surface area (Å²) < 4.78 is 6.86. The summed E-state index contributed by atoms with van der Waals surface area (Å²) in [5.74, 6) is 0.646. The van der Waals surface area contributed by atoms with Crippen LogP contribution in [0.1, 0.15) is 5.56 Å². The fourth-order valence-corrected chi connectivity index (χ4v) is 3.14. The highest BCUT2D eigenvalue weighted by Gasteiger charge is 2.19. The molecule has 0 saturated carbocycles. The van der Waals surface area contributed by atoms with Crippen LogP contribution in [0, 0.1) is 6.92 Å². The smallest absolute Gasteiger partial charge is 0.279 e. The Morgan fingerprint density at radius 3 is 2.48 bits per heavy atom. The van der Waals surface area contributed by atoms with Gasteiger partial charge in [0.2, 0.25) is 5.82 Å². The first-order valence-corrected chi connectivity index (χ1v) is 9.04.